The maximum atomic E-state index is 12.4. The van der Waals surface area contributed by atoms with E-state index in [0.29, 0.717) is 17.6 Å². The van der Waals surface area contributed by atoms with Gasteiger partial charge in [0.2, 0.25) is 17.8 Å². The number of amides is 2. The minimum absolute atomic E-state index is 0.0479. The SMILES string of the molecule is CC(C)c1ccc(NC(=O)[C@H]2CC(=O)Nc3ncnn32)cc1. The fraction of sp³-hybridized carbons (Fsp3) is 0.333. The van der Waals surface area contributed by atoms with Gasteiger partial charge in [0.1, 0.15) is 12.4 Å². The first-order chi connectivity index (χ1) is 10.5. The number of aromatic nitrogens is 3. The number of hydrogen-bond donors (Lipinski definition) is 2. The molecule has 7 heteroatoms. The Morgan fingerprint density at radius 3 is 2.77 bits per heavy atom. The summed E-state index contributed by atoms with van der Waals surface area (Å²) in [7, 11) is 0. The summed E-state index contributed by atoms with van der Waals surface area (Å²) >= 11 is 0. The molecule has 0 aliphatic carbocycles. The molecule has 0 spiro atoms. The van der Waals surface area contributed by atoms with Crippen molar-refractivity contribution < 1.29 is 9.59 Å². The molecule has 0 bridgehead atoms. The molecule has 114 valence electrons. The van der Waals surface area contributed by atoms with E-state index in [1.165, 1.54) is 16.6 Å². The highest BCUT2D eigenvalue weighted by Crippen LogP contribution is 2.23. The van der Waals surface area contributed by atoms with Crippen LogP contribution in [0.4, 0.5) is 11.6 Å². The quantitative estimate of drug-likeness (QED) is 0.906. The Bertz CT molecular complexity index is 705. The molecule has 22 heavy (non-hydrogen) atoms. The van der Waals surface area contributed by atoms with Gasteiger partial charge in [-0.25, -0.2) is 4.68 Å². The number of fused-ring (bicyclic) bond motifs is 1. The molecule has 1 aromatic carbocycles. The summed E-state index contributed by atoms with van der Waals surface area (Å²) in [5.41, 5.74) is 1.90. The van der Waals surface area contributed by atoms with Crippen molar-refractivity contribution in [1.29, 1.82) is 0 Å². The second kappa shape index (κ2) is 5.59. The first-order valence-corrected chi connectivity index (χ1v) is 7.15. The summed E-state index contributed by atoms with van der Waals surface area (Å²) in [5.74, 6) is 0.214. The molecular weight excluding hydrogens is 282 g/mol. The van der Waals surface area contributed by atoms with E-state index in [0.717, 1.165) is 0 Å². The average molecular weight is 299 g/mol. The molecule has 2 amide bonds. The Hall–Kier alpha value is -2.70. The van der Waals surface area contributed by atoms with Gasteiger partial charge < -0.3 is 5.32 Å². The molecule has 2 heterocycles. The molecule has 7 nitrogen and oxygen atoms in total. The lowest BCUT2D eigenvalue weighted by Gasteiger charge is -2.22. The monoisotopic (exact) mass is 299 g/mol. The summed E-state index contributed by atoms with van der Waals surface area (Å²) in [5, 5.41) is 9.40. The van der Waals surface area contributed by atoms with E-state index < -0.39 is 6.04 Å². The molecule has 0 fully saturated rings. The van der Waals surface area contributed by atoms with E-state index in [1.54, 1.807) is 0 Å². The van der Waals surface area contributed by atoms with Gasteiger partial charge in [0.25, 0.3) is 0 Å². The molecule has 2 N–H and O–H groups in total. The lowest BCUT2D eigenvalue weighted by Crippen LogP contribution is -2.35. The molecule has 3 rings (SSSR count). The molecule has 1 atom stereocenters. The van der Waals surface area contributed by atoms with Crippen molar-refractivity contribution in [3.05, 3.63) is 36.2 Å². The maximum absolute atomic E-state index is 12.4. The molecule has 0 unspecified atom stereocenters. The number of anilines is 2. The van der Waals surface area contributed by atoms with E-state index in [-0.39, 0.29) is 18.2 Å². The zero-order chi connectivity index (χ0) is 15.7. The van der Waals surface area contributed by atoms with Gasteiger partial charge in [0.05, 0.1) is 6.42 Å². The Balaban J connectivity index is 1.76. The van der Waals surface area contributed by atoms with Crippen LogP contribution in [0, 0.1) is 0 Å². The van der Waals surface area contributed by atoms with Crippen molar-refractivity contribution in [2.75, 3.05) is 10.6 Å². The summed E-state index contributed by atoms with van der Waals surface area (Å²) in [6.07, 6.45) is 1.37. The van der Waals surface area contributed by atoms with Crippen LogP contribution in [0.25, 0.3) is 0 Å². The van der Waals surface area contributed by atoms with E-state index in [1.807, 2.05) is 24.3 Å². The minimum Gasteiger partial charge on any atom is -0.324 e. The third-order valence-electron chi connectivity index (χ3n) is 3.65. The molecule has 0 saturated heterocycles. The third kappa shape index (κ3) is 2.69. The molecule has 0 saturated carbocycles. The van der Waals surface area contributed by atoms with Crippen LogP contribution in [0.15, 0.2) is 30.6 Å². The second-order valence-electron chi connectivity index (χ2n) is 5.56. The van der Waals surface area contributed by atoms with Crippen molar-refractivity contribution in [2.45, 2.75) is 32.2 Å². The van der Waals surface area contributed by atoms with Gasteiger partial charge in [-0.2, -0.15) is 10.1 Å². The Morgan fingerprint density at radius 2 is 2.09 bits per heavy atom. The van der Waals surface area contributed by atoms with Gasteiger partial charge in [-0.05, 0) is 23.6 Å². The summed E-state index contributed by atoms with van der Waals surface area (Å²) < 4.78 is 1.43. The fourth-order valence-corrected chi connectivity index (χ4v) is 2.39. The van der Waals surface area contributed by atoms with Crippen LogP contribution in [0.3, 0.4) is 0 Å². The van der Waals surface area contributed by atoms with Crippen molar-refractivity contribution in [3.63, 3.8) is 0 Å². The second-order valence-corrected chi connectivity index (χ2v) is 5.56. The summed E-state index contributed by atoms with van der Waals surface area (Å²) in [4.78, 5) is 28.0. The number of benzene rings is 1. The van der Waals surface area contributed by atoms with E-state index in [2.05, 4.69) is 34.6 Å². The van der Waals surface area contributed by atoms with Crippen molar-refractivity contribution >= 4 is 23.5 Å². The standard InChI is InChI=1S/C15H17N5O2/c1-9(2)10-3-5-11(6-4-10)18-14(22)12-7-13(21)19-15-16-8-17-20(12)15/h3-6,8-9,12H,7H2,1-2H3,(H,18,22)(H,16,17,19,21)/t12-/m1/s1. The molecule has 1 aromatic heterocycles. The lowest BCUT2D eigenvalue weighted by atomic mass is 10.0. The van der Waals surface area contributed by atoms with E-state index in [4.69, 9.17) is 0 Å². The Labute approximate surface area is 127 Å². The smallest absolute Gasteiger partial charge is 0.249 e. The summed E-state index contributed by atoms with van der Waals surface area (Å²) in [6.45, 7) is 4.22. The Kier molecular flexibility index (Phi) is 3.62. The summed E-state index contributed by atoms with van der Waals surface area (Å²) in [6, 6.07) is 7.00. The normalized spacial score (nSPS) is 17.0. The predicted octanol–water partition coefficient (Wildman–Crippen LogP) is 1.92. The zero-order valence-corrected chi connectivity index (χ0v) is 12.4. The minimum atomic E-state index is -0.684. The number of nitrogens with zero attached hydrogens (tertiary/aromatic N) is 3. The fourth-order valence-electron chi connectivity index (χ4n) is 2.39. The van der Waals surface area contributed by atoms with Crippen LogP contribution in [0.5, 0.6) is 0 Å². The zero-order valence-electron chi connectivity index (χ0n) is 12.4. The lowest BCUT2D eigenvalue weighted by molar-refractivity contribution is -0.125. The van der Waals surface area contributed by atoms with Gasteiger partial charge in [0.15, 0.2) is 0 Å². The van der Waals surface area contributed by atoms with Crippen LogP contribution >= 0.6 is 0 Å². The van der Waals surface area contributed by atoms with Gasteiger partial charge in [-0.3, -0.25) is 14.9 Å². The highest BCUT2D eigenvalue weighted by molar-refractivity contribution is 6.00. The largest absolute Gasteiger partial charge is 0.324 e. The van der Waals surface area contributed by atoms with Gasteiger partial charge in [-0.1, -0.05) is 26.0 Å². The first kappa shape index (κ1) is 14.2. The maximum Gasteiger partial charge on any atom is 0.249 e. The van der Waals surface area contributed by atoms with Gasteiger partial charge in [0, 0.05) is 5.69 Å². The highest BCUT2D eigenvalue weighted by Gasteiger charge is 2.31. The third-order valence-corrected chi connectivity index (χ3v) is 3.65. The number of hydrogen-bond acceptors (Lipinski definition) is 4. The van der Waals surface area contributed by atoms with Gasteiger partial charge in [-0.15, -0.1) is 0 Å². The van der Waals surface area contributed by atoms with Crippen LogP contribution in [-0.2, 0) is 9.59 Å². The van der Waals surface area contributed by atoms with Gasteiger partial charge >= 0.3 is 0 Å². The number of rotatable bonds is 3. The van der Waals surface area contributed by atoms with Crippen molar-refractivity contribution in [2.24, 2.45) is 0 Å². The van der Waals surface area contributed by atoms with Crippen molar-refractivity contribution in [3.8, 4) is 0 Å². The topological polar surface area (TPSA) is 88.9 Å². The number of carbonyl (C=O) groups is 2. The number of carbonyl (C=O) groups excluding carboxylic acids is 2. The van der Waals surface area contributed by atoms with E-state index >= 15 is 0 Å². The average Bonchev–Trinajstić information content (AvgIpc) is 2.94. The van der Waals surface area contributed by atoms with Crippen LogP contribution < -0.4 is 10.6 Å². The molecule has 0 radical (unpaired) electrons. The van der Waals surface area contributed by atoms with Crippen LogP contribution in [0.1, 0.15) is 37.8 Å². The molecule has 1 aliphatic rings. The number of nitrogens with one attached hydrogen (secondary N) is 2. The van der Waals surface area contributed by atoms with E-state index in [9.17, 15) is 9.59 Å². The van der Waals surface area contributed by atoms with Crippen LogP contribution in [0.2, 0.25) is 0 Å². The van der Waals surface area contributed by atoms with Crippen molar-refractivity contribution in [1.82, 2.24) is 14.8 Å². The highest BCUT2D eigenvalue weighted by atomic mass is 16.2. The van der Waals surface area contributed by atoms with Crippen LogP contribution in [-0.4, -0.2) is 26.6 Å². The predicted molar refractivity (Wildman–Crippen MR) is 81.5 cm³/mol. The first-order valence-electron chi connectivity index (χ1n) is 7.15. The molecular formula is C15H17N5O2. The Morgan fingerprint density at radius 1 is 1.36 bits per heavy atom. The molecule has 2 aromatic rings. The molecule has 1 aliphatic heterocycles.